The summed E-state index contributed by atoms with van der Waals surface area (Å²) in [5, 5.41) is 0. The highest BCUT2D eigenvalue weighted by molar-refractivity contribution is 5.95. The number of carbonyl (C=O) groups excluding carboxylic acids is 1. The van der Waals surface area contributed by atoms with Crippen LogP contribution in [0.5, 0.6) is 0 Å². The van der Waals surface area contributed by atoms with Crippen molar-refractivity contribution in [2.75, 3.05) is 13.1 Å². The molecule has 0 saturated carbocycles. The monoisotopic (exact) mass is 311 g/mol. The molecular weight excluding hydrogens is 290 g/mol. The van der Waals surface area contributed by atoms with Crippen molar-refractivity contribution >= 4 is 5.91 Å². The second-order valence-corrected chi connectivity index (χ2v) is 5.88. The first-order chi connectivity index (χ1) is 11.2. The van der Waals surface area contributed by atoms with E-state index in [4.69, 9.17) is 4.74 Å². The highest BCUT2D eigenvalue weighted by atomic mass is 16.5. The number of rotatable bonds is 4. The van der Waals surface area contributed by atoms with Crippen LogP contribution in [0.15, 0.2) is 43.0 Å². The van der Waals surface area contributed by atoms with Crippen molar-refractivity contribution in [2.24, 2.45) is 0 Å². The second-order valence-electron chi connectivity index (χ2n) is 5.88. The zero-order chi connectivity index (χ0) is 16.1. The molecule has 2 aromatic rings. The number of piperidine rings is 1. The maximum absolute atomic E-state index is 12.7. The number of nitrogens with zero attached hydrogens (tertiary/aromatic N) is 3. The molecule has 23 heavy (non-hydrogen) atoms. The third-order valence-corrected chi connectivity index (χ3v) is 4.14. The molecule has 1 saturated heterocycles. The van der Waals surface area contributed by atoms with Gasteiger partial charge in [-0.05, 0) is 43.0 Å². The smallest absolute Gasteiger partial charge is 0.255 e. The molecule has 3 heterocycles. The zero-order valence-electron chi connectivity index (χ0n) is 13.3. The maximum atomic E-state index is 12.7. The number of aromatic nitrogens is 2. The van der Waals surface area contributed by atoms with E-state index in [0.29, 0.717) is 18.7 Å². The van der Waals surface area contributed by atoms with E-state index < -0.39 is 0 Å². The Kier molecular flexibility index (Phi) is 4.98. The Morgan fingerprint density at radius 1 is 1.30 bits per heavy atom. The summed E-state index contributed by atoms with van der Waals surface area (Å²) in [5.41, 5.74) is 2.70. The molecule has 5 nitrogen and oxygen atoms in total. The minimum atomic E-state index is 0.0466. The molecule has 3 rings (SSSR count). The van der Waals surface area contributed by atoms with Gasteiger partial charge >= 0.3 is 0 Å². The van der Waals surface area contributed by atoms with Gasteiger partial charge in [0, 0.05) is 37.9 Å². The maximum Gasteiger partial charge on any atom is 0.255 e. The van der Waals surface area contributed by atoms with Crippen molar-refractivity contribution in [3.05, 3.63) is 59.7 Å². The van der Waals surface area contributed by atoms with Gasteiger partial charge in [0.1, 0.15) is 0 Å². The summed E-state index contributed by atoms with van der Waals surface area (Å²) in [6.07, 6.45) is 8.94. The molecule has 1 aliphatic heterocycles. The summed E-state index contributed by atoms with van der Waals surface area (Å²) in [7, 11) is 0. The minimum absolute atomic E-state index is 0.0466. The van der Waals surface area contributed by atoms with Gasteiger partial charge in [0.05, 0.1) is 18.3 Å². The molecule has 1 amide bonds. The van der Waals surface area contributed by atoms with Crippen molar-refractivity contribution in [1.29, 1.82) is 0 Å². The topological polar surface area (TPSA) is 55.3 Å². The number of hydrogen-bond acceptors (Lipinski definition) is 4. The van der Waals surface area contributed by atoms with E-state index >= 15 is 0 Å². The molecule has 0 bridgehead atoms. The number of carbonyl (C=O) groups is 1. The first-order valence-corrected chi connectivity index (χ1v) is 7.94. The Morgan fingerprint density at radius 3 is 2.96 bits per heavy atom. The standard InChI is InChI=1S/C18H21N3O2/c1-14-6-8-20-11-17(14)18(22)21-9-3-5-16(12-21)23-13-15-4-2-7-19-10-15/h2,4,6-8,10-11,16H,3,5,9,12-13H2,1H3/t16-/m1/s1. The Morgan fingerprint density at radius 2 is 2.17 bits per heavy atom. The third kappa shape index (κ3) is 3.93. The molecule has 0 spiro atoms. The SMILES string of the molecule is Cc1ccncc1C(=O)N1CCC[C@@H](OCc2cccnc2)C1. The van der Waals surface area contributed by atoms with Crippen molar-refractivity contribution in [1.82, 2.24) is 14.9 Å². The van der Waals surface area contributed by atoms with Crippen LogP contribution in [0.4, 0.5) is 0 Å². The van der Waals surface area contributed by atoms with Gasteiger partial charge in [-0.2, -0.15) is 0 Å². The lowest BCUT2D eigenvalue weighted by atomic mass is 10.1. The van der Waals surface area contributed by atoms with Gasteiger partial charge in [-0.25, -0.2) is 0 Å². The third-order valence-electron chi connectivity index (χ3n) is 4.14. The Bertz CT molecular complexity index is 660. The molecule has 5 heteroatoms. The van der Waals surface area contributed by atoms with E-state index in [1.54, 1.807) is 18.6 Å². The average Bonchev–Trinajstić information content (AvgIpc) is 2.61. The van der Waals surface area contributed by atoms with Gasteiger partial charge in [0.2, 0.25) is 0 Å². The largest absolute Gasteiger partial charge is 0.372 e. The number of likely N-dealkylation sites (tertiary alicyclic amines) is 1. The summed E-state index contributed by atoms with van der Waals surface area (Å²) >= 11 is 0. The predicted molar refractivity (Wildman–Crippen MR) is 86.9 cm³/mol. The van der Waals surface area contributed by atoms with Crippen LogP contribution in [0.2, 0.25) is 0 Å². The Labute approximate surface area is 136 Å². The molecule has 0 N–H and O–H groups in total. The molecule has 0 radical (unpaired) electrons. The predicted octanol–water partition coefficient (Wildman–Crippen LogP) is 2.61. The van der Waals surface area contributed by atoms with Crippen molar-refractivity contribution in [2.45, 2.75) is 32.5 Å². The normalized spacial score (nSPS) is 18.0. The minimum Gasteiger partial charge on any atom is -0.372 e. The van der Waals surface area contributed by atoms with Gasteiger partial charge in [0.15, 0.2) is 0 Å². The van der Waals surface area contributed by atoms with E-state index in [0.717, 1.165) is 30.5 Å². The van der Waals surface area contributed by atoms with Crippen molar-refractivity contribution < 1.29 is 9.53 Å². The van der Waals surface area contributed by atoms with Gasteiger partial charge in [-0.15, -0.1) is 0 Å². The molecule has 0 unspecified atom stereocenters. The second kappa shape index (κ2) is 7.33. The summed E-state index contributed by atoms with van der Waals surface area (Å²) in [5.74, 6) is 0.0466. The fourth-order valence-corrected chi connectivity index (χ4v) is 2.81. The Hall–Kier alpha value is -2.27. The van der Waals surface area contributed by atoms with E-state index in [1.807, 2.05) is 36.2 Å². The van der Waals surface area contributed by atoms with Gasteiger partial charge in [-0.3, -0.25) is 14.8 Å². The summed E-state index contributed by atoms with van der Waals surface area (Å²) in [6, 6.07) is 5.77. The van der Waals surface area contributed by atoms with Crippen LogP contribution in [0, 0.1) is 6.92 Å². The van der Waals surface area contributed by atoms with Crippen LogP contribution in [0.3, 0.4) is 0 Å². The molecule has 1 aliphatic rings. The fraction of sp³-hybridized carbons (Fsp3) is 0.389. The van der Waals surface area contributed by atoms with E-state index in [2.05, 4.69) is 9.97 Å². The van der Waals surface area contributed by atoms with Crippen LogP contribution < -0.4 is 0 Å². The quantitative estimate of drug-likeness (QED) is 0.871. The first-order valence-electron chi connectivity index (χ1n) is 7.94. The molecule has 1 fully saturated rings. The zero-order valence-corrected chi connectivity index (χ0v) is 13.3. The highest BCUT2D eigenvalue weighted by Crippen LogP contribution is 2.18. The van der Waals surface area contributed by atoms with Crippen LogP contribution in [0.1, 0.15) is 34.3 Å². The molecule has 1 atom stereocenters. The van der Waals surface area contributed by atoms with Gasteiger partial charge in [0.25, 0.3) is 5.91 Å². The number of amides is 1. The molecule has 2 aromatic heterocycles. The van der Waals surface area contributed by atoms with E-state index in [1.165, 1.54) is 0 Å². The van der Waals surface area contributed by atoms with E-state index in [-0.39, 0.29) is 12.0 Å². The van der Waals surface area contributed by atoms with Crippen LogP contribution >= 0.6 is 0 Å². The van der Waals surface area contributed by atoms with Crippen LogP contribution in [0.25, 0.3) is 0 Å². The number of pyridine rings is 2. The van der Waals surface area contributed by atoms with E-state index in [9.17, 15) is 4.79 Å². The average molecular weight is 311 g/mol. The summed E-state index contributed by atoms with van der Waals surface area (Å²) in [4.78, 5) is 22.7. The highest BCUT2D eigenvalue weighted by Gasteiger charge is 2.25. The van der Waals surface area contributed by atoms with Crippen LogP contribution in [-0.4, -0.2) is 40.0 Å². The number of aryl methyl sites for hydroxylation is 1. The van der Waals surface area contributed by atoms with Gasteiger partial charge in [-0.1, -0.05) is 6.07 Å². The molecule has 0 aliphatic carbocycles. The summed E-state index contributed by atoms with van der Waals surface area (Å²) < 4.78 is 5.97. The molecular formula is C18H21N3O2. The fourth-order valence-electron chi connectivity index (χ4n) is 2.81. The lowest BCUT2D eigenvalue weighted by Crippen LogP contribution is -2.43. The molecule has 120 valence electrons. The summed E-state index contributed by atoms with van der Waals surface area (Å²) in [6.45, 7) is 3.88. The van der Waals surface area contributed by atoms with Gasteiger partial charge < -0.3 is 9.64 Å². The number of hydrogen-bond donors (Lipinski definition) is 0. The number of ether oxygens (including phenoxy) is 1. The molecule has 0 aromatic carbocycles. The lowest BCUT2D eigenvalue weighted by molar-refractivity contribution is -0.00684. The van der Waals surface area contributed by atoms with Crippen LogP contribution in [-0.2, 0) is 11.3 Å². The Balaban J connectivity index is 1.60. The lowest BCUT2D eigenvalue weighted by Gasteiger charge is -2.33. The van der Waals surface area contributed by atoms with Crippen molar-refractivity contribution in [3.63, 3.8) is 0 Å². The first kappa shape index (κ1) is 15.6. The van der Waals surface area contributed by atoms with Crippen molar-refractivity contribution in [3.8, 4) is 0 Å².